The molecule has 1 heteroatoms. The number of hydrogen-bond donors (Lipinski definition) is 0. The van der Waals surface area contributed by atoms with Crippen molar-refractivity contribution in [2.24, 2.45) is 5.92 Å². The Morgan fingerprint density at radius 2 is 2.12 bits per heavy atom. The van der Waals surface area contributed by atoms with Gasteiger partial charge in [0.2, 0.25) is 0 Å². The third-order valence-corrected chi connectivity index (χ3v) is 0.726. The van der Waals surface area contributed by atoms with E-state index in [1.165, 1.54) is 0 Å². The second-order valence-electron chi connectivity index (χ2n) is 2.03. The van der Waals surface area contributed by atoms with E-state index in [4.69, 9.17) is 4.74 Å². The summed E-state index contributed by atoms with van der Waals surface area (Å²) in [5.74, 6) is 0.599. The highest BCUT2D eigenvalue weighted by atomic mass is 16.5. The largest absolute Gasteiger partial charge is 0.502 e. The van der Waals surface area contributed by atoms with E-state index in [0.717, 1.165) is 6.61 Å². The fourth-order valence-corrected chi connectivity index (χ4v) is 0.309. The minimum Gasteiger partial charge on any atom is -0.502 e. The van der Waals surface area contributed by atoms with E-state index in [9.17, 15) is 0 Å². The number of ether oxygens (including phenoxy) is 1. The van der Waals surface area contributed by atoms with Crippen LogP contribution < -0.4 is 0 Å². The van der Waals surface area contributed by atoms with Gasteiger partial charge in [-0.05, 0) is 18.9 Å². The molecule has 0 aromatic heterocycles. The van der Waals surface area contributed by atoms with E-state index in [-0.39, 0.29) is 0 Å². The van der Waals surface area contributed by atoms with Gasteiger partial charge in [-0.1, -0.05) is 13.8 Å². The molecule has 0 aromatic carbocycles. The van der Waals surface area contributed by atoms with Gasteiger partial charge in [-0.25, -0.2) is 0 Å². The lowest BCUT2D eigenvalue weighted by Crippen LogP contribution is -1.80. The number of allylic oxidation sites excluding steroid dienone is 1. The van der Waals surface area contributed by atoms with Crippen LogP contribution in [0.2, 0.25) is 0 Å². The summed E-state index contributed by atoms with van der Waals surface area (Å²) in [5.41, 5.74) is 0. The average Bonchev–Trinajstić information content (AvgIpc) is 1.66. The predicted octanol–water partition coefficient (Wildman–Crippen LogP) is 2.19. The summed E-state index contributed by atoms with van der Waals surface area (Å²) in [5, 5.41) is 0. The molecule has 0 bridgehead atoms. The Labute approximate surface area is 51.4 Å². The lowest BCUT2D eigenvalue weighted by atomic mass is 10.2. The molecule has 0 radical (unpaired) electrons. The van der Waals surface area contributed by atoms with Crippen LogP contribution in [0.4, 0.5) is 0 Å². The van der Waals surface area contributed by atoms with Crippen molar-refractivity contribution in [2.45, 2.75) is 20.8 Å². The normalized spacial score (nSPS) is 11.0. The van der Waals surface area contributed by atoms with Crippen molar-refractivity contribution in [3.05, 3.63) is 12.3 Å². The topological polar surface area (TPSA) is 9.23 Å². The molecule has 0 saturated carbocycles. The monoisotopic (exact) mass is 114 g/mol. The minimum atomic E-state index is 0.599. The van der Waals surface area contributed by atoms with Crippen LogP contribution in [-0.2, 0) is 4.74 Å². The van der Waals surface area contributed by atoms with E-state index in [1.807, 2.05) is 13.0 Å². The van der Waals surface area contributed by atoms with Crippen LogP contribution in [0, 0.1) is 5.92 Å². The summed E-state index contributed by atoms with van der Waals surface area (Å²) >= 11 is 0. The van der Waals surface area contributed by atoms with E-state index in [0.29, 0.717) is 5.92 Å². The SMILES string of the molecule is CCO/C=C\C(C)C. The highest BCUT2D eigenvalue weighted by Gasteiger charge is 1.80. The third-order valence-electron chi connectivity index (χ3n) is 0.726. The lowest BCUT2D eigenvalue weighted by molar-refractivity contribution is 0.267. The molecule has 1 nitrogen and oxygen atoms in total. The van der Waals surface area contributed by atoms with Gasteiger partial charge < -0.3 is 4.74 Å². The second-order valence-corrected chi connectivity index (χ2v) is 2.03. The molecule has 48 valence electrons. The van der Waals surface area contributed by atoms with Crippen molar-refractivity contribution in [3.63, 3.8) is 0 Å². The smallest absolute Gasteiger partial charge is 0.0845 e. The van der Waals surface area contributed by atoms with E-state index >= 15 is 0 Å². The van der Waals surface area contributed by atoms with Crippen LogP contribution in [0.25, 0.3) is 0 Å². The van der Waals surface area contributed by atoms with E-state index in [1.54, 1.807) is 6.26 Å². The maximum Gasteiger partial charge on any atom is 0.0845 e. The first-order chi connectivity index (χ1) is 3.77. The minimum absolute atomic E-state index is 0.599. The molecule has 0 unspecified atom stereocenters. The molecule has 0 heterocycles. The Balaban J connectivity index is 3.07. The second kappa shape index (κ2) is 4.69. The summed E-state index contributed by atoms with van der Waals surface area (Å²) in [6, 6.07) is 0. The summed E-state index contributed by atoms with van der Waals surface area (Å²) in [4.78, 5) is 0. The molecule has 0 N–H and O–H groups in total. The molecule has 0 atom stereocenters. The van der Waals surface area contributed by atoms with Gasteiger partial charge >= 0.3 is 0 Å². The van der Waals surface area contributed by atoms with Crippen LogP contribution in [0.5, 0.6) is 0 Å². The first-order valence-electron chi connectivity index (χ1n) is 3.05. The van der Waals surface area contributed by atoms with Crippen LogP contribution >= 0.6 is 0 Å². The Morgan fingerprint density at radius 3 is 2.50 bits per heavy atom. The Hall–Kier alpha value is -0.460. The molecular weight excluding hydrogens is 100 g/mol. The lowest BCUT2D eigenvalue weighted by Gasteiger charge is -1.94. The quantitative estimate of drug-likeness (QED) is 0.511. The molecule has 0 rings (SSSR count). The highest BCUT2D eigenvalue weighted by Crippen LogP contribution is 1.92. The summed E-state index contributed by atoms with van der Waals surface area (Å²) < 4.78 is 4.96. The van der Waals surface area contributed by atoms with E-state index < -0.39 is 0 Å². The number of rotatable bonds is 3. The molecule has 0 aromatic rings. The molecular formula is C7H14O. The fraction of sp³-hybridized carbons (Fsp3) is 0.714. The van der Waals surface area contributed by atoms with Crippen molar-refractivity contribution in [1.82, 2.24) is 0 Å². The van der Waals surface area contributed by atoms with Gasteiger partial charge in [0, 0.05) is 0 Å². The van der Waals surface area contributed by atoms with Crippen molar-refractivity contribution in [2.75, 3.05) is 6.61 Å². The van der Waals surface area contributed by atoms with Crippen LogP contribution in [0.3, 0.4) is 0 Å². The van der Waals surface area contributed by atoms with Crippen molar-refractivity contribution >= 4 is 0 Å². The molecule has 0 saturated heterocycles. The Kier molecular flexibility index (Phi) is 4.42. The van der Waals surface area contributed by atoms with Gasteiger partial charge in [0.1, 0.15) is 0 Å². The highest BCUT2D eigenvalue weighted by molar-refractivity contribution is 4.76. The summed E-state index contributed by atoms with van der Waals surface area (Å²) in [7, 11) is 0. The first kappa shape index (κ1) is 7.54. The zero-order valence-electron chi connectivity index (χ0n) is 5.85. The van der Waals surface area contributed by atoms with Crippen LogP contribution in [0.1, 0.15) is 20.8 Å². The van der Waals surface area contributed by atoms with Gasteiger partial charge in [-0.15, -0.1) is 0 Å². The maximum absolute atomic E-state index is 4.96. The maximum atomic E-state index is 4.96. The molecule has 0 amide bonds. The fourth-order valence-electron chi connectivity index (χ4n) is 0.309. The van der Waals surface area contributed by atoms with Gasteiger partial charge in [0.05, 0.1) is 12.9 Å². The first-order valence-corrected chi connectivity index (χ1v) is 3.05. The number of hydrogen-bond acceptors (Lipinski definition) is 1. The summed E-state index contributed by atoms with van der Waals surface area (Å²) in [6.07, 6.45) is 3.79. The van der Waals surface area contributed by atoms with Gasteiger partial charge in [-0.2, -0.15) is 0 Å². The predicted molar refractivity (Wildman–Crippen MR) is 35.6 cm³/mol. The van der Waals surface area contributed by atoms with Gasteiger partial charge in [-0.3, -0.25) is 0 Å². The van der Waals surface area contributed by atoms with Gasteiger partial charge in [0.15, 0.2) is 0 Å². The molecule has 0 aliphatic heterocycles. The zero-order chi connectivity index (χ0) is 6.41. The molecule has 0 aliphatic carbocycles. The Bertz CT molecular complexity index is 64.8. The van der Waals surface area contributed by atoms with Gasteiger partial charge in [0.25, 0.3) is 0 Å². The van der Waals surface area contributed by atoms with Crippen molar-refractivity contribution in [3.8, 4) is 0 Å². The van der Waals surface area contributed by atoms with Crippen LogP contribution in [0.15, 0.2) is 12.3 Å². The average molecular weight is 114 g/mol. The molecule has 0 aliphatic rings. The standard InChI is InChI=1S/C7H14O/c1-4-8-6-5-7(2)3/h5-7H,4H2,1-3H3/b6-5-. The zero-order valence-corrected chi connectivity index (χ0v) is 5.85. The summed E-state index contributed by atoms with van der Waals surface area (Å²) in [6.45, 7) is 6.99. The third kappa shape index (κ3) is 5.54. The molecule has 0 spiro atoms. The van der Waals surface area contributed by atoms with Crippen LogP contribution in [-0.4, -0.2) is 6.61 Å². The van der Waals surface area contributed by atoms with Crippen molar-refractivity contribution in [1.29, 1.82) is 0 Å². The van der Waals surface area contributed by atoms with Crippen molar-refractivity contribution < 1.29 is 4.74 Å². The molecule has 8 heavy (non-hydrogen) atoms. The molecule has 0 fully saturated rings. The Morgan fingerprint density at radius 1 is 1.50 bits per heavy atom. The van der Waals surface area contributed by atoms with E-state index in [2.05, 4.69) is 13.8 Å².